The number of anilines is 2. The lowest BCUT2D eigenvalue weighted by Gasteiger charge is -2.24. The summed E-state index contributed by atoms with van der Waals surface area (Å²) in [5.41, 5.74) is 3.29. The van der Waals surface area contributed by atoms with Gasteiger partial charge in [-0.3, -0.25) is 19.0 Å². The van der Waals surface area contributed by atoms with Crippen LogP contribution >= 0.6 is 22.7 Å². The van der Waals surface area contributed by atoms with Crippen molar-refractivity contribution in [3.63, 3.8) is 0 Å². The van der Waals surface area contributed by atoms with Crippen LogP contribution < -0.4 is 25.1 Å². The van der Waals surface area contributed by atoms with E-state index in [1.165, 1.54) is 22.7 Å². The summed E-state index contributed by atoms with van der Waals surface area (Å²) < 4.78 is 1.93. The van der Waals surface area contributed by atoms with Crippen molar-refractivity contribution in [3.8, 4) is 0 Å². The molecule has 4 aromatic rings. The van der Waals surface area contributed by atoms with E-state index >= 15 is 0 Å². The highest BCUT2D eigenvalue weighted by Crippen LogP contribution is 2.36. The number of hydrogen-bond donors (Lipinski definition) is 1. The van der Waals surface area contributed by atoms with E-state index < -0.39 is 6.04 Å². The monoisotopic (exact) mass is 554 g/mol. The van der Waals surface area contributed by atoms with Gasteiger partial charge < -0.3 is 10.2 Å². The van der Waals surface area contributed by atoms with Crippen molar-refractivity contribution >= 4 is 51.4 Å². The van der Waals surface area contributed by atoms with Crippen LogP contribution in [0.3, 0.4) is 0 Å². The second kappa shape index (κ2) is 10.2. The van der Waals surface area contributed by atoms with Crippen molar-refractivity contribution in [2.75, 3.05) is 16.8 Å². The van der Waals surface area contributed by atoms with Gasteiger partial charge >= 0.3 is 0 Å². The molecule has 0 saturated carbocycles. The minimum Gasteiger partial charge on any atom is -0.322 e. The molecule has 196 valence electrons. The van der Waals surface area contributed by atoms with Crippen molar-refractivity contribution in [2.24, 2.45) is 4.99 Å². The third-order valence-electron chi connectivity index (χ3n) is 6.97. The molecule has 2 amide bonds. The van der Waals surface area contributed by atoms with Crippen LogP contribution in [0.5, 0.6) is 0 Å². The minimum atomic E-state index is -0.651. The average molecular weight is 555 g/mol. The molecule has 2 aromatic heterocycles. The fourth-order valence-electron chi connectivity index (χ4n) is 5.14. The molecule has 6 rings (SSSR count). The van der Waals surface area contributed by atoms with E-state index in [-0.39, 0.29) is 17.4 Å². The summed E-state index contributed by atoms with van der Waals surface area (Å²) in [5.74, 6) is -0.479. The smallest absolute Gasteiger partial charge is 0.272 e. The molecule has 4 heterocycles. The number of hydrogen-bond acceptors (Lipinski definition) is 6. The van der Waals surface area contributed by atoms with Crippen molar-refractivity contribution in [3.05, 3.63) is 114 Å². The lowest BCUT2D eigenvalue weighted by atomic mass is 10.0. The maximum absolute atomic E-state index is 14.2. The van der Waals surface area contributed by atoms with Gasteiger partial charge in [0.25, 0.3) is 17.4 Å². The molecule has 9 heteroatoms. The number of benzene rings is 2. The highest BCUT2D eigenvalue weighted by molar-refractivity contribution is 7.10. The Morgan fingerprint density at radius 1 is 1.03 bits per heavy atom. The van der Waals surface area contributed by atoms with Crippen LogP contribution in [0.15, 0.2) is 93.2 Å². The van der Waals surface area contributed by atoms with Gasteiger partial charge in [0.2, 0.25) is 0 Å². The molecule has 0 fully saturated rings. The Kier molecular flexibility index (Phi) is 6.62. The van der Waals surface area contributed by atoms with Crippen LogP contribution in [0.1, 0.15) is 43.2 Å². The molecular formula is C30H26N4O3S2. The maximum atomic E-state index is 14.2. The second-order valence-corrected chi connectivity index (χ2v) is 11.4. The molecule has 7 nitrogen and oxygen atoms in total. The number of carbonyl (C=O) groups is 2. The Morgan fingerprint density at radius 3 is 2.54 bits per heavy atom. The van der Waals surface area contributed by atoms with E-state index in [4.69, 9.17) is 4.99 Å². The first-order valence-corrected chi connectivity index (χ1v) is 14.6. The summed E-state index contributed by atoms with van der Waals surface area (Å²) in [7, 11) is 0. The number of fused-ring (bicyclic) bond motifs is 2. The van der Waals surface area contributed by atoms with E-state index in [1.54, 1.807) is 16.4 Å². The van der Waals surface area contributed by atoms with Gasteiger partial charge in [0.15, 0.2) is 4.80 Å². The van der Waals surface area contributed by atoms with Crippen LogP contribution in [0.2, 0.25) is 0 Å². The van der Waals surface area contributed by atoms with Gasteiger partial charge in [-0.25, -0.2) is 4.99 Å². The maximum Gasteiger partial charge on any atom is 0.272 e. The Morgan fingerprint density at radius 2 is 1.79 bits per heavy atom. The predicted octanol–water partition coefficient (Wildman–Crippen LogP) is 4.45. The molecule has 2 aliphatic heterocycles. The highest BCUT2D eigenvalue weighted by atomic mass is 32.1. The number of para-hydroxylation sites is 2. The van der Waals surface area contributed by atoms with Gasteiger partial charge in [-0.05, 0) is 43.0 Å². The summed E-state index contributed by atoms with van der Waals surface area (Å²) in [6.45, 7) is 4.47. The Labute approximate surface area is 233 Å². The summed E-state index contributed by atoms with van der Waals surface area (Å²) >= 11 is 2.69. The van der Waals surface area contributed by atoms with E-state index in [1.807, 2.05) is 72.1 Å². The number of aromatic nitrogens is 1. The summed E-state index contributed by atoms with van der Waals surface area (Å²) in [6, 6.07) is 20.0. The van der Waals surface area contributed by atoms with Crippen molar-refractivity contribution < 1.29 is 9.59 Å². The van der Waals surface area contributed by atoms with Crippen LogP contribution in [-0.2, 0) is 9.59 Å². The molecule has 0 aliphatic carbocycles. The molecule has 0 saturated heterocycles. The predicted molar refractivity (Wildman–Crippen MR) is 156 cm³/mol. The van der Waals surface area contributed by atoms with Crippen molar-refractivity contribution in [1.82, 2.24) is 4.57 Å². The standard InChI is InChI=1S/C30H26N4O3S2/c1-3-4-16-33-21-14-9-8-13-20(21)24(28(33)36)26-29(37)34-25(22-15-10-17-38-22)23(18(2)31-30(34)39-26)27(35)32-19-11-6-5-7-12-19/h5-15,17,25H,3-4,16H2,1-2H3,(H,32,35)/b26-24+/t25-/m0/s1. The third kappa shape index (κ3) is 4.27. The molecule has 39 heavy (non-hydrogen) atoms. The van der Waals surface area contributed by atoms with Gasteiger partial charge in [0.05, 0.1) is 22.5 Å². The summed E-state index contributed by atoms with van der Waals surface area (Å²) in [6.07, 6.45) is 1.82. The lowest BCUT2D eigenvalue weighted by Crippen LogP contribution is -2.41. The van der Waals surface area contributed by atoms with Gasteiger partial charge in [0.1, 0.15) is 10.6 Å². The first-order valence-electron chi connectivity index (χ1n) is 12.9. The van der Waals surface area contributed by atoms with Crippen molar-refractivity contribution in [2.45, 2.75) is 32.7 Å². The topological polar surface area (TPSA) is 83.8 Å². The minimum absolute atomic E-state index is 0.166. The molecule has 1 N–H and O–H groups in total. The number of nitrogens with one attached hydrogen (secondary N) is 1. The Hall–Kier alpha value is -4.08. The van der Waals surface area contributed by atoms with E-state index in [0.717, 1.165) is 29.0 Å². The molecular weight excluding hydrogens is 528 g/mol. The summed E-state index contributed by atoms with van der Waals surface area (Å²) in [5, 5.41) is 4.89. The molecule has 1 atom stereocenters. The van der Waals surface area contributed by atoms with E-state index in [2.05, 4.69) is 12.2 Å². The van der Waals surface area contributed by atoms with Crippen LogP contribution in [-0.4, -0.2) is 22.9 Å². The van der Waals surface area contributed by atoms with Crippen molar-refractivity contribution in [1.29, 1.82) is 0 Å². The van der Waals surface area contributed by atoms with E-state index in [9.17, 15) is 14.4 Å². The Balaban J connectivity index is 1.54. The fraction of sp³-hybridized carbons (Fsp3) is 0.200. The van der Waals surface area contributed by atoms with Crippen LogP contribution in [0.4, 0.5) is 11.4 Å². The van der Waals surface area contributed by atoms with Gasteiger partial charge in [-0.15, -0.1) is 11.3 Å². The molecule has 0 radical (unpaired) electrons. The van der Waals surface area contributed by atoms with Gasteiger partial charge in [-0.1, -0.05) is 67.1 Å². The lowest BCUT2D eigenvalue weighted by molar-refractivity contribution is -0.114. The van der Waals surface area contributed by atoms with Gasteiger partial charge in [-0.2, -0.15) is 0 Å². The molecule has 0 bridgehead atoms. The average Bonchev–Trinajstić information content (AvgIpc) is 3.64. The third-order valence-corrected chi connectivity index (χ3v) is 8.95. The SMILES string of the molecule is CCCCN1C(=O)/C(=c2/sc3n(c2=O)[C@@H](c2cccs2)C(C(=O)Nc2ccccc2)=C(C)N=3)c2ccccc21. The molecule has 0 unspecified atom stereocenters. The first-order chi connectivity index (χ1) is 19.0. The molecule has 0 spiro atoms. The second-order valence-electron chi connectivity index (χ2n) is 9.44. The number of thiophene rings is 1. The largest absolute Gasteiger partial charge is 0.322 e. The quantitative estimate of drug-likeness (QED) is 0.382. The molecule has 2 aromatic carbocycles. The number of nitrogens with zero attached hydrogens (tertiary/aromatic N) is 3. The normalized spacial score (nSPS) is 17.6. The number of allylic oxidation sites excluding steroid dienone is 1. The van der Waals surface area contributed by atoms with E-state index in [0.29, 0.717) is 38.4 Å². The van der Waals surface area contributed by atoms with Gasteiger partial charge in [0, 0.05) is 22.7 Å². The van der Waals surface area contributed by atoms with Crippen LogP contribution in [0, 0.1) is 0 Å². The zero-order chi connectivity index (χ0) is 27.1. The number of unbranched alkanes of at least 4 members (excludes halogenated alkanes) is 1. The number of rotatable bonds is 6. The Bertz CT molecular complexity index is 1800. The first kappa shape index (κ1) is 25.2. The number of amides is 2. The zero-order valence-corrected chi connectivity index (χ0v) is 23.1. The summed E-state index contributed by atoms with van der Waals surface area (Å²) in [4.78, 5) is 49.4. The molecule has 2 aliphatic rings. The van der Waals surface area contributed by atoms with Crippen LogP contribution in [0.25, 0.3) is 5.57 Å². The highest BCUT2D eigenvalue weighted by Gasteiger charge is 2.37. The number of carbonyl (C=O) groups excluding carboxylic acids is 2. The number of thiazole rings is 1. The fourth-order valence-corrected chi connectivity index (χ4v) is 7.10. The zero-order valence-electron chi connectivity index (χ0n) is 21.5.